The highest BCUT2D eigenvalue weighted by atomic mass is 16.5. The van der Waals surface area contributed by atoms with Crippen molar-refractivity contribution in [1.82, 2.24) is 0 Å². The van der Waals surface area contributed by atoms with E-state index in [4.69, 9.17) is 14.5 Å². The van der Waals surface area contributed by atoms with Gasteiger partial charge in [-0.05, 0) is 42.3 Å². The average molecular weight is 372 g/mol. The topological polar surface area (TPSA) is 34.1 Å². The molecule has 1 heterocycles. The third-order valence-electron chi connectivity index (χ3n) is 5.06. The molecule has 4 heteroatoms. The summed E-state index contributed by atoms with van der Waals surface area (Å²) in [6, 6.07) is 27.3. The smallest absolute Gasteiger partial charge is 0.161 e. The van der Waals surface area contributed by atoms with Gasteiger partial charge in [0.05, 0.1) is 20.3 Å². The van der Waals surface area contributed by atoms with Gasteiger partial charge in [-0.15, -0.1) is 0 Å². The van der Waals surface area contributed by atoms with Crippen LogP contribution in [0.3, 0.4) is 0 Å². The summed E-state index contributed by atoms with van der Waals surface area (Å²) in [5.41, 5.74) is 3.44. The first kappa shape index (κ1) is 18.1. The number of hydrogen-bond donors (Lipinski definition) is 0. The molecule has 0 spiro atoms. The van der Waals surface area contributed by atoms with Crippen LogP contribution >= 0.6 is 0 Å². The minimum atomic E-state index is 0.226. The molecule has 0 amide bonds. The van der Waals surface area contributed by atoms with Crippen LogP contribution in [0, 0.1) is 0 Å². The summed E-state index contributed by atoms with van der Waals surface area (Å²) < 4.78 is 10.9. The molecular weight excluding hydrogens is 348 g/mol. The third kappa shape index (κ3) is 3.46. The quantitative estimate of drug-likeness (QED) is 0.625. The Morgan fingerprint density at radius 1 is 0.821 bits per heavy atom. The van der Waals surface area contributed by atoms with Crippen molar-refractivity contribution in [1.29, 1.82) is 0 Å². The number of benzene rings is 3. The van der Waals surface area contributed by atoms with Gasteiger partial charge in [-0.1, -0.05) is 48.5 Å². The van der Waals surface area contributed by atoms with Gasteiger partial charge in [0.15, 0.2) is 11.5 Å². The van der Waals surface area contributed by atoms with Crippen molar-refractivity contribution in [2.75, 3.05) is 25.7 Å². The van der Waals surface area contributed by atoms with Crippen molar-refractivity contribution >= 4 is 11.5 Å². The third-order valence-corrected chi connectivity index (χ3v) is 5.06. The SMILES string of the molecule is COc1ccc(C2=NCCC(c3ccccc3)N2c2ccccc2)cc1OC. The number of anilines is 1. The van der Waals surface area contributed by atoms with Crippen molar-refractivity contribution in [2.45, 2.75) is 12.5 Å². The Hall–Kier alpha value is -3.27. The number of aliphatic imine (C=N–C) groups is 1. The fourth-order valence-electron chi connectivity index (χ4n) is 3.73. The maximum atomic E-state index is 5.52. The van der Waals surface area contributed by atoms with Crippen LogP contribution in [0.1, 0.15) is 23.6 Å². The van der Waals surface area contributed by atoms with Crippen LogP contribution in [-0.2, 0) is 0 Å². The average Bonchev–Trinajstić information content (AvgIpc) is 2.79. The molecule has 0 saturated carbocycles. The molecule has 0 fully saturated rings. The molecule has 0 bridgehead atoms. The molecule has 0 radical (unpaired) electrons. The molecule has 4 nitrogen and oxygen atoms in total. The predicted molar refractivity (Wildman–Crippen MR) is 114 cm³/mol. The van der Waals surface area contributed by atoms with Crippen LogP contribution in [0.5, 0.6) is 11.5 Å². The normalized spacial score (nSPS) is 16.4. The van der Waals surface area contributed by atoms with Gasteiger partial charge in [-0.3, -0.25) is 4.99 Å². The molecule has 3 aromatic carbocycles. The molecule has 1 atom stereocenters. The zero-order valence-electron chi connectivity index (χ0n) is 16.2. The first-order chi connectivity index (χ1) is 13.8. The zero-order chi connectivity index (χ0) is 19.3. The van der Waals surface area contributed by atoms with E-state index in [1.165, 1.54) is 5.56 Å². The van der Waals surface area contributed by atoms with Gasteiger partial charge in [-0.2, -0.15) is 0 Å². The lowest BCUT2D eigenvalue weighted by molar-refractivity contribution is 0.355. The van der Waals surface area contributed by atoms with Gasteiger partial charge in [0.1, 0.15) is 5.84 Å². The second kappa shape index (κ2) is 8.17. The number of amidine groups is 1. The molecular formula is C24H24N2O2. The summed E-state index contributed by atoms with van der Waals surface area (Å²) >= 11 is 0. The van der Waals surface area contributed by atoms with Crippen LogP contribution in [0.15, 0.2) is 83.9 Å². The highest BCUT2D eigenvalue weighted by Crippen LogP contribution is 2.36. The molecule has 1 aliphatic heterocycles. The van der Waals surface area contributed by atoms with Crippen molar-refractivity contribution < 1.29 is 9.47 Å². The summed E-state index contributed by atoms with van der Waals surface area (Å²) in [5.74, 6) is 2.37. The minimum absolute atomic E-state index is 0.226. The molecule has 3 aromatic rings. The molecule has 28 heavy (non-hydrogen) atoms. The lowest BCUT2D eigenvalue weighted by atomic mass is 9.97. The minimum Gasteiger partial charge on any atom is -0.493 e. The van der Waals surface area contributed by atoms with Crippen molar-refractivity contribution in [3.8, 4) is 11.5 Å². The van der Waals surface area contributed by atoms with Gasteiger partial charge in [0.2, 0.25) is 0 Å². The van der Waals surface area contributed by atoms with E-state index in [2.05, 4.69) is 59.5 Å². The van der Waals surface area contributed by atoms with Crippen LogP contribution in [0.4, 0.5) is 5.69 Å². The van der Waals surface area contributed by atoms with Crippen molar-refractivity contribution in [3.63, 3.8) is 0 Å². The number of hydrogen-bond acceptors (Lipinski definition) is 4. The molecule has 1 unspecified atom stereocenters. The lowest BCUT2D eigenvalue weighted by Crippen LogP contribution is -2.39. The molecule has 0 N–H and O–H groups in total. The summed E-state index contributed by atoms with van der Waals surface area (Å²) in [6.45, 7) is 0.784. The van der Waals surface area contributed by atoms with E-state index in [1.54, 1.807) is 14.2 Å². The predicted octanol–water partition coefficient (Wildman–Crippen LogP) is 5.10. The first-order valence-electron chi connectivity index (χ1n) is 9.48. The largest absolute Gasteiger partial charge is 0.493 e. The summed E-state index contributed by atoms with van der Waals surface area (Å²) in [5, 5.41) is 0. The maximum Gasteiger partial charge on any atom is 0.161 e. The number of rotatable bonds is 5. The summed E-state index contributed by atoms with van der Waals surface area (Å²) in [6.07, 6.45) is 0.968. The molecule has 1 aliphatic rings. The molecule has 4 rings (SSSR count). The highest BCUT2D eigenvalue weighted by Gasteiger charge is 2.29. The summed E-state index contributed by atoms with van der Waals surface area (Å²) in [4.78, 5) is 7.24. The van der Waals surface area contributed by atoms with Crippen LogP contribution in [-0.4, -0.2) is 26.6 Å². The van der Waals surface area contributed by atoms with Crippen LogP contribution in [0.25, 0.3) is 0 Å². The van der Waals surface area contributed by atoms with E-state index < -0.39 is 0 Å². The van der Waals surface area contributed by atoms with Crippen LogP contribution in [0.2, 0.25) is 0 Å². The van der Waals surface area contributed by atoms with Crippen LogP contribution < -0.4 is 14.4 Å². The molecule has 0 aromatic heterocycles. The highest BCUT2D eigenvalue weighted by molar-refractivity contribution is 6.11. The fourth-order valence-corrected chi connectivity index (χ4v) is 3.73. The Morgan fingerprint density at radius 3 is 2.18 bits per heavy atom. The van der Waals surface area contributed by atoms with Gasteiger partial charge in [0, 0.05) is 17.8 Å². The van der Waals surface area contributed by atoms with Gasteiger partial charge < -0.3 is 14.4 Å². The first-order valence-corrected chi connectivity index (χ1v) is 9.48. The monoisotopic (exact) mass is 372 g/mol. The van der Waals surface area contributed by atoms with Gasteiger partial charge in [0.25, 0.3) is 0 Å². The Kier molecular flexibility index (Phi) is 5.29. The Balaban J connectivity index is 1.82. The van der Waals surface area contributed by atoms with E-state index >= 15 is 0 Å². The number of para-hydroxylation sites is 1. The molecule has 0 aliphatic carbocycles. The van der Waals surface area contributed by atoms with E-state index in [-0.39, 0.29) is 6.04 Å². The van der Waals surface area contributed by atoms with Gasteiger partial charge in [-0.25, -0.2) is 0 Å². The zero-order valence-corrected chi connectivity index (χ0v) is 16.2. The fraction of sp³-hybridized carbons (Fsp3) is 0.208. The molecule has 0 saturated heterocycles. The van der Waals surface area contributed by atoms with Gasteiger partial charge >= 0.3 is 0 Å². The number of ether oxygens (including phenoxy) is 2. The lowest BCUT2D eigenvalue weighted by Gasteiger charge is -2.38. The van der Waals surface area contributed by atoms with E-state index in [0.717, 1.165) is 30.1 Å². The second-order valence-electron chi connectivity index (χ2n) is 6.70. The van der Waals surface area contributed by atoms with Crippen molar-refractivity contribution in [2.24, 2.45) is 4.99 Å². The van der Waals surface area contributed by atoms with E-state index in [9.17, 15) is 0 Å². The van der Waals surface area contributed by atoms with E-state index in [1.807, 2.05) is 24.3 Å². The van der Waals surface area contributed by atoms with E-state index in [0.29, 0.717) is 11.5 Å². The van der Waals surface area contributed by atoms with Crippen molar-refractivity contribution in [3.05, 3.63) is 90.0 Å². The second-order valence-corrected chi connectivity index (χ2v) is 6.70. The Labute approximate surface area is 166 Å². The number of methoxy groups -OCH3 is 2. The molecule has 142 valence electrons. The standard InChI is InChI=1S/C24H24N2O2/c1-27-22-14-13-19(17-23(22)28-2)24-25-16-15-21(18-9-5-3-6-10-18)26(24)20-11-7-4-8-12-20/h3-14,17,21H,15-16H2,1-2H3. The number of nitrogens with zero attached hydrogens (tertiary/aromatic N) is 2. The summed E-state index contributed by atoms with van der Waals surface area (Å²) in [7, 11) is 3.31. The maximum absolute atomic E-state index is 5.52. The Bertz CT molecular complexity index is 955. The Morgan fingerprint density at radius 2 is 1.50 bits per heavy atom.